The molecule has 2 atom stereocenters. The minimum Gasteiger partial charge on any atom is -0.481 e. The van der Waals surface area contributed by atoms with Gasteiger partial charge in [0.2, 0.25) is 5.91 Å². The van der Waals surface area contributed by atoms with Gasteiger partial charge in [-0.15, -0.1) is 0 Å². The molecule has 110 valence electrons. The normalized spacial score (nSPS) is 15.2. The van der Waals surface area contributed by atoms with Crippen LogP contribution in [0, 0.1) is 0 Å². The predicted molar refractivity (Wildman–Crippen MR) is 74.0 cm³/mol. The lowest BCUT2D eigenvalue weighted by atomic mass is 9.92. The van der Waals surface area contributed by atoms with E-state index in [2.05, 4.69) is 5.32 Å². The molecule has 0 saturated heterocycles. The number of carbonyl (C=O) groups excluding carboxylic acids is 1. The van der Waals surface area contributed by atoms with E-state index in [1.807, 2.05) is 6.07 Å². The lowest BCUT2D eigenvalue weighted by Gasteiger charge is -2.25. The van der Waals surface area contributed by atoms with E-state index in [4.69, 9.17) is 15.6 Å². The fourth-order valence-corrected chi connectivity index (χ4v) is 1.74. The van der Waals surface area contributed by atoms with E-state index in [0.717, 1.165) is 0 Å². The van der Waals surface area contributed by atoms with Crippen molar-refractivity contribution in [3.8, 4) is 0 Å². The van der Waals surface area contributed by atoms with Gasteiger partial charge in [-0.25, -0.2) is 0 Å². The van der Waals surface area contributed by atoms with Crippen molar-refractivity contribution in [1.82, 2.24) is 5.32 Å². The number of benzene rings is 1. The molecular formula is C14H20N2O4. The highest BCUT2D eigenvalue weighted by Gasteiger charge is 2.30. The molecule has 0 spiro atoms. The van der Waals surface area contributed by atoms with Crippen molar-refractivity contribution in [3.63, 3.8) is 0 Å². The van der Waals surface area contributed by atoms with Crippen molar-refractivity contribution < 1.29 is 19.4 Å². The Hall–Kier alpha value is -1.92. The van der Waals surface area contributed by atoms with Crippen molar-refractivity contribution in [2.75, 3.05) is 13.7 Å². The van der Waals surface area contributed by atoms with E-state index < -0.39 is 17.6 Å². The molecule has 1 rings (SSSR count). The van der Waals surface area contributed by atoms with Crippen LogP contribution in [0.4, 0.5) is 0 Å². The molecular weight excluding hydrogens is 260 g/mol. The van der Waals surface area contributed by atoms with Crippen molar-refractivity contribution >= 4 is 11.9 Å². The van der Waals surface area contributed by atoms with E-state index in [9.17, 15) is 9.59 Å². The van der Waals surface area contributed by atoms with Gasteiger partial charge in [0.05, 0.1) is 12.5 Å². The van der Waals surface area contributed by atoms with E-state index in [1.54, 1.807) is 31.2 Å². The van der Waals surface area contributed by atoms with Crippen LogP contribution in [0.1, 0.15) is 18.9 Å². The highest BCUT2D eigenvalue weighted by Crippen LogP contribution is 2.17. The van der Waals surface area contributed by atoms with Crippen LogP contribution in [0.15, 0.2) is 30.3 Å². The first kappa shape index (κ1) is 16.1. The quantitative estimate of drug-likeness (QED) is 0.673. The summed E-state index contributed by atoms with van der Waals surface area (Å²) in [6.07, 6.45) is -0.758. The maximum absolute atomic E-state index is 12.1. The van der Waals surface area contributed by atoms with Crippen molar-refractivity contribution in [3.05, 3.63) is 35.9 Å². The van der Waals surface area contributed by atoms with Crippen molar-refractivity contribution in [2.24, 2.45) is 5.73 Å². The Morgan fingerprint density at radius 1 is 1.40 bits per heavy atom. The molecule has 0 radical (unpaired) electrons. The zero-order valence-electron chi connectivity index (χ0n) is 11.6. The number of hydrogen-bond donors (Lipinski definition) is 3. The Balaban J connectivity index is 2.64. The van der Waals surface area contributed by atoms with Gasteiger partial charge in [0.15, 0.2) is 0 Å². The summed E-state index contributed by atoms with van der Waals surface area (Å²) in [5.74, 6) is -1.36. The van der Waals surface area contributed by atoms with Gasteiger partial charge in [-0.3, -0.25) is 9.59 Å². The van der Waals surface area contributed by atoms with Crippen LogP contribution in [0.3, 0.4) is 0 Å². The molecule has 0 bridgehead atoms. The van der Waals surface area contributed by atoms with E-state index in [0.29, 0.717) is 5.56 Å². The Morgan fingerprint density at radius 2 is 2.00 bits per heavy atom. The fourth-order valence-electron chi connectivity index (χ4n) is 1.74. The summed E-state index contributed by atoms with van der Waals surface area (Å²) in [4.78, 5) is 22.7. The number of aliphatic carboxylic acids is 1. The summed E-state index contributed by atoms with van der Waals surface area (Å²) < 4.78 is 4.99. The molecule has 0 aliphatic carbocycles. The van der Waals surface area contributed by atoms with Gasteiger partial charge in [0.25, 0.3) is 0 Å². The van der Waals surface area contributed by atoms with E-state index in [1.165, 1.54) is 7.11 Å². The van der Waals surface area contributed by atoms with Crippen LogP contribution in [-0.4, -0.2) is 36.7 Å². The first-order chi connectivity index (χ1) is 9.37. The second-order valence-corrected chi connectivity index (χ2v) is 4.73. The van der Waals surface area contributed by atoms with Gasteiger partial charge in [-0.05, 0) is 12.5 Å². The first-order valence-electron chi connectivity index (χ1n) is 6.25. The predicted octanol–water partition coefficient (Wildman–Crippen LogP) is 0.466. The topological polar surface area (TPSA) is 102 Å². The Morgan fingerprint density at radius 3 is 2.50 bits per heavy atom. The van der Waals surface area contributed by atoms with Crippen LogP contribution in [0.25, 0.3) is 0 Å². The van der Waals surface area contributed by atoms with Gasteiger partial charge in [-0.2, -0.15) is 0 Å². The van der Waals surface area contributed by atoms with E-state index in [-0.39, 0.29) is 18.9 Å². The number of hydrogen-bond acceptors (Lipinski definition) is 4. The molecule has 1 amide bonds. The molecule has 0 aliphatic rings. The van der Waals surface area contributed by atoms with Crippen LogP contribution < -0.4 is 11.1 Å². The van der Waals surface area contributed by atoms with Crippen molar-refractivity contribution in [1.29, 1.82) is 0 Å². The second kappa shape index (κ2) is 7.02. The standard InChI is InChI=1S/C14H20N2O4/c1-14(15,10-6-4-3-5-7-10)13(19)16-9-11(20-2)8-12(17)18/h3-7,11H,8-9,15H2,1-2H3,(H,16,19)(H,17,18). The summed E-state index contributed by atoms with van der Waals surface area (Å²) in [7, 11) is 1.40. The van der Waals surface area contributed by atoms with E-state index >= 15 is 0 Å². The molecule has 1 aromatic rings. The summed E-state index contributed by atoms with van der Waals surface area (Å²) in [6, 6.07) is 8.98. The lowest BCUT2D eigenvalue weighted by Crippen LogP contribution is -2.50. The first-order valence-corrected chi connectivity index (χ1v) is 6.25. The van der Waals surface area contributed by atoms with Gasteiger partial charge in [-0.1, -0.05) is 30.3 Å². The number of nitrogens with two attached hydrogens (primary N) is 1. The summed E-state index contributed by atoms with van der Waals surface area (Å²) in [5.41, 5.74) is 5.55. The highest BCUT2D eigenvalue weighted by molar-refractivity contribution is 5.87. The molecule has 0 fully saturated rings. The number of carboxylic acids is 1. The molecule has 1 aromatic carbocycles. The third-order valence-corrected chi connectivity index (χ3v) is 3.07. The fraction of sp³-hybridized carbons (Fsp3) is 0.429. The van der Waals surface area contributed by atoms with Gasteiger partial charge in [0, 0.05) is 13.7 Å². The Labute approximate surface area is 117 Å². The molecule has 0 saturated carbocycles. The lowest BCUT2D eigenvalue weighted by molar-refractivity contribution is -0.140. The smallest absolute Gasteiger partial charge is 0.306 e. The minimum absolute atomic E-state index is 0.0985. The monoisotopic (exact) mass is 280 g/mol. The van der Waals surface area contributed by atoms with Crippen LogP contribution in [0.2, 0.25) is 0 Å². The van der Waals surface area contributed by atoms with Gasteiger partial charge < -0.3 is 20.9 Å². The second-order valence-electron chi connectivity index (χ2n) is 4.73. The zero-order chi connectivity index (χ0) is 15.2. The summed E-state index contributed by atoms with van der Waals surface area (Å²) in [5, 5.41) is 11.3. The molecule has 4 N–H and O–H groups in total. The van der Waals surface area contributed by atoms with Crippen molar-refractivity contribution in [2.45, 2.75) is 25.0 Å². The number of nitrogens with one attached hydrogen (secondary N) is 1. The summed E-state index contributed by atoms with van der Waals surface area (Å²) >= 11 is 0. The number of carbonyl (C=O) groups is 2. The maximum atomic E-state index is 12.1. The minimum atomic E-state index is -1.18. The van der Waals surface area contributed by atoms with Gasteiger partial charge in [0.1, 0.15) is 5.54 Å². The molecule has 6 nitrogen and oxygen atoms in total. The molecule has 2 unspecified atom stereocenters. The molecule has 0 aromatic heterocycles. The average Bonchev–Trinajstić information content (AvgIpc) is 2.43. The Bertz CT molecular complexity index is 460. The third-order valence-electron chi connectivity index (χ3n) is 3.07. The molecule has 6 heteroatoms. The third kappa shape index (κ3) is 4.32. The van der Waals surface area contributed by atoms with Gasteiger partial charge >= 0.3 is 5.97 Å². The number of rotatable bonds is 7. The number of methoxy groups -OCH3 is 1. The highest BCUT2D eigenvalue weighted by atomic mass is 16.5. The van der Waals surface area contributed by atoms with Crippen LogP contribution >= 0.6 is 0 Å². The maximum Gasteiger partial charge on any atom is 0.306 e. The zero-order valence-corrected chi connectivity index (χ0v) is 11.6. The largest absolute Gasteiger partial charge is 0.481 e. The molecule has 20 heavy (non-hydrogen) atoms. The van der Waals surface area contributed by atoms with Crippen LogP contribution in [0.5, 0.6) is 0 Å². The number of ether oxygens (including phenoxy) is 1. The summed E-state index contributed by atoms with van der Waals surface area (Å²) in [6.45, 7) is 1.71. The SMILES string of the molecule is COC(CNC(=O)C(C)(N)c1ccccc1)CC(=O)O. The molecule has 0 aliphatic heterocycles. The number of carboxylic acid groups (broad SMARTS) is 1. The Kier molecular flexibility index (Phi) is 5.66. The van der Waals surface area contributed by atoms with Crippen LogP contribution in [-0.2, 0) is 19.9 Å². The average molecular weight is 280 g/mol. The molecule has 0 heterocycles. The number of amides is 1.